The molecule has 7 atom stereocenters. The maximum Gasteiger partial charge on any atom is 1.00 e. The summed E-state index contributed by atoms with van der Waals surface area (Å²) >= 11 is 0. The summed E-state index contributed by atoms with van der Waals surface area (Å²) in [6, 6.07) is 17.8. The molecule has 79 heavy (non-hydrogen) atoms. The van der Waals surface area contributed by atoms with Gasteiger partial charge >= 0.3 is 29.6 Å². The Labute approximate surface area is 493 Å². The van der Waals surface area contributed by atoms with E-state index in [-0.39, 0.29) is 69.7 Å². The van der Waals surface area contributed by atoms with Crippen LogP contribution in [0.2, 0.25) is 33.2 Å². The Kier molecular flexibility index (Phi) is 24.9. The van der Waals surface area contributed by atoms with Crippen molar-refractivity contribution in [3.8, 4) is 0 Å². The Morgan fingerprint density at radius 2 is 1.01 bits per heavy atom. The van der Waals surface area contributed by atoms with Crippen molar-refractivity contribution in [1.82, 2.24) is 39.0 Å². The number of nitrogens with zero attached hydrogens (tertiary/aromatic N) is 8. The van der Waals surface area contributed by atoms with Gasteiger partial charge in [-0.2, -0.15) is 0 Å². The Morgan fingerprint density at radius 3 is 1.39 bits per heavy atom. The zero-order chi connectivity index (χ0) is 56.5. The molecule has 2 fully saturated rings. The van der Waals surface area contributed by atoms with Crippen molar-refractivity contribution in [2.45, 2.75) is 193 Å². The number of carbonyl (C=O) groups is 3. The average molecular weight is 1130 g/mol. The molecule has 2 aliphatic heterocycles. The summed E-state index contributed by atoms with van der Waals surface area (Å²) < 4.78 is 30.3. The van der Waals surface area contributed by atoms with E-state index in [9.17, 15) is 19.5 Å². The van der Waals surface area contributed by atoms with Gasteiger partial charge in [-0.05, 0) is 77.3 Å². The zero-order valence-corrected chi connectivity index (χ0v) is 53.1. The summed E-state index contributed by atoms with van der Waals surface area (Å²) in [6.07, 6.45) is 2.82. The molecule has 8 rings (SSSR count). The van der Waals surface area contributed by atoms with Crippen LogP contribution in [0.25, 0.3) is 22.3 Å². The van der Waals surface area contributed by atoms with E-state index in [2.05, 4.69) is 124 Å². The summed E-state index contributed by atoms with van der Waals surface area (Å²) in [7, 11) is -4.73. The van der Waals surface area contributed by atoms with Crippen LogP contribution < -0.4 is 40.2 Å². The van der Waals surface area contributed by atoms with Crippen molar-refractivity contribution in [2.75, 3.05) is 17.2 Å². The maximum atomic E-state index is 13.5. The van der Waals surface area contributed by atoms with Crippen molar-refractivity contribution >= 4 is 76.6 Å². The summed E-state index contributed by atoms with van der Waals surface area (Å²) in [5.74, 6) is -0.00901. The van der Waals surface area contributed by atoms with Gasteiger partial charge in [-0.1, -0.05) is 133 Å². The number of fused-ring (bicyclic) bond motifs is 2. The van der Waals surface area contributed by atoms with E-state index in [0.29, 0.717) is 91.2 Å². The fraction of sp³-hybridized carbons (Fsp3) is 0.554. The van der Waals surface area contributed by atoms with Crippen molar-refractivity contribution in [2.24, 2.45) is 0 Å². The molecular formula is C56H83BN10NaO9Si2. The molecule has 2 aromatic carbocycles. The van der Waals surface area contributed by atoms with Crippen molar-refractivity contribution in [1.29, 1.82) is 0 Å². The van der Waals surface area contributed by atoms with Crippen LogP contribution >= 0.6 is 0 Å². The number of ketones is 1. The number of aliphatic hydroxyl groups is 2. The fourth-order valence-electron chi connectivity index (χ4n) is 11.7. The molecule has 0 saturated carbocycles. The van der Waals surface area contributed by atoms with Crippen LogP contribution in [0.1, 0.15) is 151 Å². The number of amides is 2. The van der Waals surface area contributed by atoms with Gasteiger partial charge in [0.2, 0.25) is 16.6 Å². The molecule has 423 valence electrons. The number of hydrogen-bond donors (Lipinski definition) is 4. The predicted molar refractivity (Wildman–Crippen MR) is 310 cm³/mol. The van der Waals surface area contributed by atoms with Gasteiger partial charge in [0.15, 0.2) is 58.3 Å². The van der Waals surface area contributed by atoms with Crippen LogP contribution in [0.15, 0.2) is 86.0 Å². The number of rotatable bonds is 18. The number of anilines is 2. The fourth-order valence-corrected chi connectivity index (χ4v) is 22.8. The molecule has 6 heterocycles. The van der Waals surface area contributed by atoms with Gasteiger partial charge in [-0.25, -0.2) is 29.9 Å². The molecule has 23 heteroatoms. The number of Topliss-reactive ketones (excluding diaryl/α,β-unsaturated/α-hetero) is 1. The molecule has 0 bridgehead atoms. The third-order valence-electron chi connectivity index (χ3n) is 15.1. The van der Waals surface area contributed by atoms with E-state index in [1.807, 2.05) is 26.0 Å². The second-order valence-corrected chi connectivity index (χ2v) is 32.4. The van der Waals surface area contributed by atoms with Crippen LogP contribution in [0.3, 0.4) is 0 Å². The van der Waals surface area contributed by atoms with Crippen LogP contribution in [-0.4, -0.2) is 129 Å². The minimum Gasteiger partial charge on any atom is -1.00 e. The molecule has 2 amide bonds. The number of hydrogen-bond acceptors (Lipinski definition) is 15. The number of ether oxygens (including phenoxy) is 2. The number of nitrogens with one attached hydrogen (secondary N) is 2. The molecule has 6 aromatic rings. The van der Waals surface area contributed by atoms with E-state index < -0.39 is 53.5 Å². The Balaban J connectivity index is 0.000000387. The summed E-state index contributed by atoms with van der Waals surface area (Å²) in [5.41, 5.74) is 4.84. The van der Waals surface area contributed by atoms with Gasteiger partial charge in [-0.3, -0.25) is 23.5 Å². The Bertz CT molecular complexity index is 2860. The molecule has 0 spiro atoms. The number of benzene rings is 2. The van der Waals surface area contributed by atoms with Gasteiger partial charge in [0.05, 0.1) is 18.8 Å². The van der Waals surface area contributed by atoms with Crippen LogP contribution in [0.5, 0.6) is 0 Å². The zero-order valence-electron chi connectivity index (χ0n) is 50.1. The molecule has 2 aliphatic rings. The maximum absolute atomic E-state index is 13.5. The van der Waals surface area contributed by atoms with E-state index in [1.165, 1.54) is 12.7 Å². The summed E-state index contributed by atoms with van der Waals surface area (Å²) in [6.45, 7) is 32.4. The van der Waals surface area contributed by atoms with Crippen molar-refractivity contribution in [3.05, 3.63) is 97.1 Å². The first-order valence-corrected chi connectivity index (χ1v) is 31.5. The SMILES string of the molecule is CCO.CC[C@H]1O[C@@H](n2cnc3c(NC(=O)c4ccccc4)ncnc32)[C@H](O[Si](C(C)C)(C(C)C)C(C)C)C1=O.CC[C@H]1O[C@@H](n2cnc3c(NC(=O)c4ccccc4)ncnc32)[C@H](O[Si](C(C)C)(C(C)C)C(C)C)[C@H]1O.[B].[H-].[Na+]. The standard InChI is InChI=1S/C27H39N5O4Si.C27H37N5O4Si.C2H6O.B.Na.H/c2*1-8-20-22(33)23(36-37(16(2)3,17(4)5)18(6)7)27(35-20)32-15-30-21-24(28-14-29-25(21)32)31-26(34)19-12-10-9-11-13-19;1-2-3;;;/h9-18,20,22-23,27,33H,8H2,1-7H3,(H,28,29,31,34);9-18,20,23,27H,8H2,1-7H3,(H,28,29,31,34);3H,2H2,1H3;;;/q;;;;+1;-1/t20-,22+,23-,27-;20-,23-,27-;;;;/m11..../s1. The van der Waals surface area contributed by atoms with Crippen LogP contribution in [-0.2, 0) is 23.1 Å². The quantitative estimate of drug-likeness (QED) is 0.0608. The first-order chi connectivity index (χ1) is 36.6. The number of carbonyl (C=O) groups excluding carboxylic acids is 3. The number of imidazole rings is 2. The molecule has 19 nitrogen and oxygen atoms in total. The van der Waals surface area contributed by atoms with Crippen molar-refractivity contribution in [3.63, 3.8) is 0 Å². The molecular weight excluding hydrogens is 1050 g/mol. The summed E-state index contributed by atoms with van der Waals surface area (Å²) in [5, 5.41) is 24.6. The van der Waals surface area contributed by atoms with Gasteiger partial charge in [-0.15, -0.1) is 0 Å². The topological polar surface area (TPSA) is 240 Å². The normalized spacial score (nSPS) is 20.3. The second-order valence-electron chi connectivity index (χ2n) is 21.6. The van der Waals surface area contributed by atoms with Crippen LogP contribution in [0, 0.1) is 0 Å². The molecule has 0 aliphatic carbocycles. The molecule has 2 saturated heterocycles. The number of aromatic nitrogens is 8. The third-order valence-corrected chi connectivity index (χ3v) is 27.3. The van der Waals surface area contributed by atoms with E-state index >= 15 is 0 Å². The predicted octanol–water partition coefficient (Wildman–Crippen LogP) is 7.56. The molecule has 4 N–H and O–H groups in total. The Hall–Kier alpha value is -4.59. The minimum atomic E-state index is -2.39. The smallest absolute Gasteiger partial charge is 1.00 e. The number of aliphatic hydroxyl groups excluding tert-OH is 2. The second kappa shape index (κ2) is 29.4. The molecule has 4 aromatic heterocycles. The first kappa shape index (κ1) is 66.9. The average Bonchev–Trinajstić information content (AvgIpc) is 4.18. The molecule has 0 unspecified atom stereocenters. The minimum absolute atomic E-state index is 0. The summed E-state index contributed by atoms with van der Waals surface area (Å²) in [4.78, 5) is 65.6. The van der Waals surface area contributed by atoms with Crippen LogP contribution in [0.4, 0.5) is 11.6 Å². The third kappa shape index (κ3) is 14.0. The molecule has 3 radical (unpaired) electrons. The van der Waals surface area contributed by atoms with Gasteiger partial charge in [0.25, 0.3) is 11.8 Å². The van der Waals surface area contributed by atoms with Gasteiger partial charge in [0, 0.05) is 26.1 Å². The Morgan fingerprint density at radius 1 is 0.620 bits per heavy atom. The van der Waals surface area contributed by atoms with Crippen molar-refractivity contribution < 1.29 is 73.9 Å². The van der Waals surface area contributed by atoms with E-state index in [4.69, 9.17) is 23.4 Å². The van der Waals surface area contributed by atoms with Gasteiger partial charge in [0.1, 0.15) is 31.0 Å². The van der Waals surface area contributed by atoms with Gasteiger partial charge < -0.3 is 40.6 Å². The first-order valence-electron chi connectivity index (χ1n) is 27.2. The monoisotopic (exact) mass is 1130 g/mol. The van der Waals surface area contributed by atoms with E-state index in [1.54, 1.807) is 77.2 Å². The van der Waals surface area contributed by atoms with E-state index in [0.717, 1.165) is 0 Å². The largest absolute Gasteiger partial charge is 1.00 e.